The van der Waals surface area contributed by atoms with E-state index in [1.165, 1.54) is 12.8 Å². The van der Waals surface area contributed by atoms with Gasteiger partial charge in [0.1, 0.15) is 6.04 Å². The van der Waals surface area contributed by atoms with E-state index in [2.05, 4.69) is 15.5 Å². The molecule has 2 rings (SSSR count). The van der Waals surface area contributed by atoms with Gasteiger partial charge < -0.3 is 20.5 Å². The van der Waals surface area contributed by atoms with Crippen LogP contribution in [0.25, 0.3) is 0 Å². The van der Waals surface area contributed by atoms with Crippen molar-refractivity contribution < 1.29 is 19.4 Å². The quantitative estimate of drug-likeness (QED) is 0.662. The van der Waals surface area contributed by atoms with Crippen molar-refractivity contribution in [3.63, 3.8) is 0 Å². The number of nitrogens with one attached hydrogen (secondary N) is 2. The van der Waals surface area contributed by atoms with Crippen LogP contribution in [0.1, 0.15) is 26.2 Å². The van der Waals surface area contributed by atoms with Gasteiger partial charge in [-0.25, -0.2) is 9.59 Å². The Bertz CT molecular complexity index is 364. The van der Waals surface area contributed by atoms with Crippen molar-refractivity contribution in [1.29, 1.82) is 0 Å². The van der Waals surface area contributed by atoms with Crippen molar-refractivity contribution in [2.45, 2.75) is 44.4 Å². The predicted molar refractivity (Wildman–Crippen MR) is 72.6 cm³/mol. The molecule has 7 heteroatoms. The van der Waals surface area contributed by atoms with Gasteiger partial charge in [0.05, 0.1) is 12.7 Å². The first-order valence-corrected chi connectivity index (χ1v) is 7.23. The topological polar surface area (TPSA) is 90.9 Å². The van der Waals surface area contributed by atoms with E-state index >= 15 is 0 Å². The largest absolute Gasteiger partial charge is 0.480 e. The number of carboxylic acids is 1. The highest BCUT2D eigenvalue weighted by atomic mass is 16.5. The average molecular weight is 285 g/mol. The molecule has 0 radical (unpaired) electrons. The van der Waals surface area contributed by atoms with E-state index in [1.54, 1.807) is 6.92 Å². The summed E-state index contributed by atoms with van der Waals surface area (Å²) in [5.74, 6) is -1.02. The van der Waals surface area contributed by atoms with Crippen molar-refractivity contribution >= 4 is 12.0 Å². The Morgan fingerprint density at radius 3 is 3.00 bits per heavy atom. The highest BCUT2D eigenvalue weighted by molar-refractivity contribution is 5.82. The molecule has 0 bridgehead atoms. The van der Waals surface area contributed by atoms with Crippen molar-refractivity contribution in [3.05, 3.63) is 0 Å². The van der Waals surface area contributed by atoms with Gasteiger partial charge in [-0.1, -0.05) is 6.92 Å². The lowest BCUT2D eigenvalue weighted by Gasteiger charge is -2.35. The second kappa shape index (κ2) is 6.90. The van der Waals surface area contributed by atoms with Crippen LogP contribution in [0.3, 0.4) is 0 Å². The van der Waals surface area contributed by atoms with Crippen molar-refractivity contribution in [2.75, 3.05) is 26.2 Å². The van der Waals surface area contributed by atoms with Gasteiger partial charge in [0.25, 0.3) is 0 Å². The average Bonchev–Trinajstić information content (AvgIpc) is 2.89. The van der Waals surface area contributed by atoms with Crippen molar-refractivity contribution in [1.82, 2.24) is 15.5 Å². The van der Waals surface area contributed by atoms with Crippen LogP contribution in [0.5, 0.6) is 0 Å². The lowest BCUT2D eigenvalue weighted by Crippen LogP contribution is -2.52. The summed E-state index contributed by atoms with van der Waals surface area (Å²) in [6.07, 6.45) is 2.75. The number of hydrogen-bond acceptors (Lipinski definition) is 4. The first kappa shape index (κ1) is 15.1. The third-order valence-corrected chi connectivity index (χ3v) is 3.96. The van der Waals surface area contributed by atoms with Gasteiger partial charge in [0.2, 0.25) is 0 Å². The monoisotopic (exact) mass is 285 g/mol. The molecule has 3 unspecified atom stereocenters. The Morgan fingerprint density at radius 1 is 1.50 bits per heavy atom. The maximum Gasteiger partial charge on any atom is 0.326 e. The molecule has 2 saturated heterocycles. The predicted octanol–water partition coefficient (Wildman–Crippen LogP) is 0.0120. The molecular weight excluding hydrogens is 262 g/mol. The number of ether oxygens (including phenoxy) is 1. The normalized spacial score (nSPS) is 27.6. The third-order valence-electron chi connectivity index (χ3n) is 3.96. The molecule has 3 N–H and O–H groups in total. The highest BCUT2D eigenvalue weighted by Crippen LogP contribution is 2.22. The van der Waals surface area contributed by atoms with Crippen molar-refractivity contribution in [3.8, 4) is 0 Å². The van der Waals surface area contributed by atoms with Crippen LogP contribution in [0.4, 0.5) is 4.79 Å². The lowest BCUT2D eigenvalue weighted by molar-refractivity contribution is -0.139. The van der Waals surface area contributed by atoms with E-state index in [-0.39, 0.29) is 6.10 Å². The summed E-state index contributed by atoms with van der Waals surface area (Å²) in [7, 11) is 0. The fourth-order valence-corrected chi connectivity index (χ4v) is 2.76. The number of hydrogen-bond donors (Lipinski definition) is 3. The van der Waals surface area contributed by atoms with Gasteiger partial charge in [-0.05, 0) is 25.8 Å². The van der Waals surface area contributed by atoms with Crippen LogP contribution in [-0.4, -0.2) is 66.4 Å². The summed E-state index contributed by atoms with van der Waals surface area (Å²) < 4.78 is 5.72. The Labute approximate surface area is 118 Å². The summed E-state index contributed by atoms with van der Waals surface area (Å²) in [6.45, 7) is 4.79. The molecule has 20 heavy (non-hydrogen) atoms. The Balaban J connectivity index is 1.69. The number of carbonyl (C=O) groups excluding carboxylic acids is 1. The van der Waals surface area contributed by atoms with E-state index in [1.807, 2.05) is 0 Å². The Kier molecular flexibility index (Phi) is 5.19. The Morgan fingerprint density at radius 2 is 2.30 bits per heavy atom. The molecule has 0 aliphatic carbocycles. The fraction of sp³-hybridized carbons (Fsp3) is 0.846. The summed E-state index contributed by atoms with van der Waals surface area (Å²) in [4.78, 5) is 24.9. The summed E-state index contributed by atoms with van der Waals surface area (Å²) >= 11 is 0. The summed E-state index contributed by atoms with van der Waals surface area (Å²) in [5.41, 5.74) is 0. The molecule has 0 aromatic heterocycles. The zero-order valence-corrected chi connectivity index (χ0v) is 11.8. The van der Waals surface area contributed by atoms with Gasteiger partial charge in [-0.15, -0.1) is 0 Å². The maximum atomic E-state index is 11.6. The molecular formula is C13H23N3O4. The smallest absolute Gasteiger partial charge is 0.326 e. The Hall–Kier alpha value is -1.34. The number of carboxylic acid groups (broad SMARTS) is 1. The SMILES string of the molecule is CCC(NC(=O)NCC1CN2CCCC2CO1)C(=O)O. The van der Waals surface area contributed by atoms with E-state index in [4.69, 9.17) is 9.84 Å². The molecule has 0 aromatic rings. The van der Waals surface area contributed by atoms with Crippen LogP contribution in [0.15, 0.2) is 0 Å². The lowest BCUT2D eigenvalue weighted by atomic mass is 10.2. The van der Waals surface area contributed by atoms with Gasteiger partial charge >= 0.3 is 12.0 Å². The number of nitrogens with zero attached hydrogens (tertiary/aromatic N) is 1. The van der Waals surface area contributed by atoms with Crippen LogP contribution in [0, 0.1) is 0 Å². The number of rotatable bonds is 5. The number of aliphatic carboxylic acids is 1. The van der Waals surface area contributed by atoms with Gasteiger partial charge in [-0.3, -0.25) is 4.90 Å². The molecule has 114 valence electrons. The minimum absolute atomic E-state index is 0.0139. The maximum absolute atomic E-state index is 11.6. The second-order valence-corrected chi connectivity index (χ2v) is 5.40. The molecule has 2 amide bonds. The molecule has 7 nitrogen and oxygen atoms in total. The molecule has 0 aromatic carbocycles. The van der Waals surface area contributed by atoms with Crippen molar-refractivity contribution in [2.24, 2.45) is 0 Å². The molecule has 0 saturated carbocycles. The van der Waals surface area contributed by atoms with E-state index in [9.17, 15) is 9.59 Å². The van der Waals surface area contributed by atoms with Crippen LogP contribution in [-0.2, 0) is 9.53 Å². The summed E-state index contributed by atoms with van der Waals surface area (Å²) in [6, 6.07) is -0.756. The minimum Gasteiger partial charge on any atom is -0.480 e. The number of morpholine rings is 1. The highest BCUT2D eigenvalue weighted by Gasteiger charge is 2.32. The zero-order chi connectivity index (χ0) is 14.5. The van der Waals surface area contributed by atoms with Crippen LogP contribution < -0.4 is 10.6 Å². The molecule has 3 atom stereocenters. The molecule has 2 fully saturated rings. The number of carbonyl (C=O) groups is 2. The number of amides is 2. The fourth-order valence-electron chi connectivity index (χ4n) is 2.76. The minimum atomic E-state index is -1.02. The van der Waals surface area contributed by atoms with E-state index in [0.29, 0.717) is 19.0 Å². The summed E-state index contributed by atoms with van der Waals surface area (Å²) in [5, 5.41) is 14.0. The number of urea groups is 1. The van der Waals surface area contributed by atoms with Gasteiger partial charge in [0.15, 0.2) is 0 Å². The first-order chi connectivity index (χ1) is 9.60. The molecule has 2 heterocycles. The third kappa shape index (κ3) is 3.83. The first-order valence-electron chi connectivity index (χ1n) is 7.23. The van der Waals surface area contributed by atoms with Gasteiger partial charge in [-0.2, -0.15) is 0 Å². The molecule has 2 aliphatic heterocycles. The van der Waals surface area contributed by atoms with Gasteiger partial charge in [0, 0.05) is 19.1 Å². The second-order valence-electron chi connectivity index (χ2n) is 5.40. The zero-order valence-electron chi connectivity index (χ0n) is 11.8. The molecule has 2 aliphatic rings. The number of fused-ring (bicyclic) bond motifs is 1. The standard InChI is InChI=1S/C13H23N3O4/c1-2-11(12(17)18)15-13(19)14-6-10-7-16-5-3-4-9(16)8-20-10/h9-11H,2-8H2,1H3,(H,17,18)(H2,14,15,19). The van der Waals surface area contributed by atoms with Crippen LogP contribution >= 0.6 is 0 Å². The van der Waals surface area contributed by atoms with E-state index < -0.39 is 18.0 Å². The van der Waals surface area contributed by atoms with Crippen LogP contribution in [0.2, 0.25) is 0 Å². The van der Waals surface area contributed by atoms with E-state index in [0.717, 1.165) is 19.7 Å². The molecule has 0 spiro atoms.